The first-order valence-corrected chi connectivity index (χ1v) is 8.04. The Morgan fingerprint density at radius 1 is 1.16 bits per heavy atom. The number of benzene rings is 1. The Labute approximate surface area is 145 Å². The van der Waals surface area contributed by atoms with Crippen LogP contribution < -0.4 is 10.6 Å². The molecule has 2 amide bonds. The number of aryl methyl sites for hydroxylation is 2. The van der Waals surface area contributed by atoms with E-state index < -0.39 is 0 Å². The average Bonchev–Trinajstić information content (AvgIpc) is 3.20. The highest BCUT2D eigenvalue weighted by molar-refractivity contribution is 5.88. The lowest BCUT2D eigenvalue weighted by atomic mass is 10.00. The lowest BCUT2D eigenvalue weighted by Gasteiger charge is -2.12. The number of nitrogens with one attached hydrogen (secondary N) is 2. The molecule has 0 saturated carbocycles. The summed E-state index contributed by atoms with van der Waals surface area (Å²) in [6.07, 6.45) is 0. The summed E-state index contributed by atoms with van der Waals surface area (Å²) in [7, 11) is 0. The summed E-state index contributed by atoms with van der Waals surface area (Å²) in [6, 6.07) is 10.9. The summed E-state index contributed by atoms with van der Waals surface area (Å²) in [6.45, 7) is 6.23. The highest BCUT2D eigenvalue weighted by atomic mass is 16.5. The van der Waals surface area contributed by atoms with Gasteiger partial charge in [0, 0.05) is 29.7 Å². The van der Waals surface area contributed by atoms with Gasteiger partial charge in [0.05, 0.1) is 5.69 Å². The molecular weight excluding hydrogens is 320 g/mol. The molecule has 1 aromatic carbocycles. The number of hydrogen-bond acceptors (Lipinski definition) is 5. The zero-order valence-corrected chi connectivity index (χ0v) is 14.4. The Morgan fingerprint density at radius 3 is 2.60 bits per heavy atom. The van der Waals surface area contributed by atoms with Gasteiger partial charge in [0.25, 0.3) is 0 Å². The van der Waals surface area contributed by atoms with Crippen molar-refractivity contribution in [1.29, 1.82) is 0 Å². The van der Waals surface area contributed by atoms with Gasteiger partial charge in [0.2, 0.25) is 0 Å². The van der Waals surface area contributed by atoms with Crippen molar-refractivity contribution < 1.29 is 13.8 Å². The minimum Gasteiger partial charge on any atom is -0.361 e. The summed E-state index contributed by atoms with van der Waals surface area (Å²) in [5.41, 5.74) is 2.76. The highest BCUT2D eigenvalue weighted by Gasteiger charge is 2.17. The molecule has 0 aliphatic rings. The van der Waals surface area contributed by atoms with E-state index in [1.165, 1.54) is 0 Å². The maximum absolute atomic E-state index is 12.1. The molecule has 0 spiro atoms. The molecule has 0 aliphatic heterocycles. The monoisotopic (exact) mass is 340 g/mol. The maximum Gasteiger partial charge on any atom is 0.320 e. The molecule has 0 saturated heterocycles. The molecule has 2 N–H and O–H groups in total. The predicted molar refractivity (Wildman–Crippen MR) is 93.4 cm³/mol. The third-order valence-corrected chi connectivity index (χ3v) is 3.96. The van der Waals surface area contributed by atoms with Crippen molar-refractivity contribution in [2.45, 2.75) is 26.7 Å². The molecule has 2 aromatic heterocycles. The third kappa shape index (κ3) is 3.88. The van der Waals surface area contributed by atoms with Gasteiger partial charge in [0.1, 0.15) is 5.76 Å². The van der Waals surface area contributed by atoms with Gasteiger partial charge in [-0.05, 0) is 13.8 Å². The molecule has 1 atom stereocenters. The number of urea groups is 1. The molecular formula is C18H20N4O3. The Balaban J connectivity index is 1.56. The zero-order valence-electron chi connectivity index (χ0n) is 14.4. The van der Waals surface area contributed by atoms with Crippen molar-refractivity contribution in [3.8, 4) is 11.3 Å². The first kappa shape index (κ1) is 16.8. The number of carbonyl (C=O) groups excluding carboxylic acids is 1. The SMILES string of the molecule is Cc1noc(C)c1[C@@H](C)CNC(=O)Nc1cc(-c2ccccc2)on1. The standard InChI is InChI=1S/C18H20N4O3/c1-11(17-12(2)21-24-13(17)3)10-19-18(23)20-16-9-15(25-22-16)14-7-5-4-6-8-14/h4-9,11H,10H2,1-3H3,(H2,19,20,22,23)/t11-/m0/s1. The van der Waals surface area contributed by atoms with Crippen molar-refractivity contribution in [1.82, 2.24) is 15.6 Å². The predicted octanol–water partition coefficient (Wildman–Crippen LogP) is 3.87. The molecule has 2 heterocycles. The topological polar surface area (TPSA) is 93.2 Å². The minimum atomic E-state index is -0.341. The van der Waals surface area contributed by atoms with Crippen LogP contribution >= 0.6 is 0 Å². The van der Waals surface area contributed by atoms with E-state index in [0.717, 1.165) is 22.6 Å². The number of nitrogens with zero attached hydrogens (tertiary/aromatic N) is 2. The fourth-order valence-electron chi connectivity index (χ4n) is 2.77. The lowest BCUT2D eigenvalue weighted by molar-refractivity contribution is 0.251. The molecule has 25 heavy (non-hydrogen) atoms. The molecule has 3 rings (SSSR count). The van der Waals surface area contributed by atoms with Crippen LogP contribution in [0.3, 0.4) is 0 Å². The first-order valence-electron chi connectivity index (χ1n) is 8.04. The number of hydrogen-bond donors (Lipinski definition) is 2. The van der Waals surface area contributed by atoms with Crippen LogP contribution in [-0.2, 0) is 0 Å². The Morgan fingerprint density at radius 2 is 1.92 bits per heavy atom. The summed E-state index contributed by atoms with van der Waals surface area (Å²) in [5.74, 6) is 1.83. The third-order valence-electron chi connectivity index (χ3n) is 3.96. The number of amides is 2. The fraction of sp³-hybridized carbons (Fsp3) is 0.278. The second-order valence-electron chi connectivity index (χ2n) is 5.92. The van der Waals surface area contributed by atoms with Gasteiger partial charge < -0.3 is 14.4 Å². The van der Waals surface area contributed by atoms with Crippen LogP contribution in [0.25, 0.3) is 11.3 Å². The molecule has 0 unspecified atom stereocenters. The quantitative estimate of drug-likeness (QED) is 0.735. The van der Waals surface area contributed by atoms with E-state index in [1.807, 2.05) is 51.1 Å². The van der Waals surface area contributed by atoms with E-state index in [1.54, 1.807) is 6.07 Å². The van der Waals surface area contributed by atoms with Gasteiger partial charge in [-0.1, -0.05) is 47.6 Å². The molecule has 0 bridgehead atoms. The summed E-state index contributed by atoms with van der Waals surface area (Å²) in [5, 5.41) is 13.3. The van der Waals surface area contributed by atoms with Gasteiger partial charge in [-0.2, -0.15) is 0 Å². The molecule has 7 heteroatoms. The molecule has 3 aromatic rings. The van der Waals surface area contributed by atoms with E-state index in [0.29, 0.717) is 18.1 Å². The summed E-state index contributed by atoms with van der Waals surface area (Å²) in [4.78, 5) is 12.1. The van der Waals surface area contributed by atoms with E-state index in [2.05, 4.69) is 20.9 Å². The number of aromatic nitrogens is 2. The number of anilines is 1. The Kier molecular flexibility index (Phi) is 4.83. The number of rotatable bonds is 5. The van der Waals surface area contributed by atoms with E-state index in [9.17, 15) is 4.79 Å². The van der Waals surface area contributed by atoms with Crippen molar-refractivity contribution in [3.63, 3.8) is 0 Å². The molecule has 0 fully saturated rings. The van der Waals surface area contributed by atoms with E-state index >= 15 is 0 Å². The second-order valence-corrected chi connectivity index (χ2v) is 5.92. The van der Waals surface area contributed by atoms with Gasteiger partial charge in [-0.3, -0.25) is 5.32 Å². The second kappa shape index (κ2) is 7.21. The van der Waals surface area contributed by atoms with Crippen LogP contribution in [0, 0.1) is 13.8 Å². The lowest BCUT2D eigenvalue weighted by Crippen LogP contribution is -2.32. The first-order chi connectivity index (χ1) is 12.0. The van der Waals surface area contributed by atoms with E-state index in [4.69, 9.17) is 9.05 Å². The normalized spacial score (nSPS) is 12.0. The minimum absolute atomic E-state index is 0.0918. The average molecular weight is 340 g/mol. The fourth-order valence-corrected chi connectivity index (χ4v) is 2.77. The molecule has 130 valence electrons. The van der Waals surface area contributed by atoms with Crippen LogP contribution in [0.4, 0.5) is 10.6 Å². The van der Waals surface area contributed by atoms with Crippen LogP contribution in [0.15, 0.2) is 45.4 Å². The maximum atomic E-state index is 12.1. The van der Waals surface area contributed by atoms with Crippen LogP contribution in [0.2, 0.25) is 0 Å². The summed E-state index contributed by atoms with van der Waals surface area (Å²) >= 11 is 0. The molecule has 0 radical (unpaired) electrons. The van der Waals surface area contributed by atoms with Crippen molar-refractivity contribution in [3.05, 3.63) is 53.4 Å². The molecule has 0 aliphatic carbocycles. The largest absolute Gasteiger partial charge is 0.361 e. The Bertz CT molecular complexity index is 835. The van der Waals surface area contributed by atoms with Gasteiger partial charge in [0.15, 0.2) is 11.6 Å². The van der Waals surface area contributed by atoms with Gasteiger partial charge in [-0.15, -0.1) is 0 Å². The van der Waals surface area contributed by atoms with Crippen LogP contribution in [-0.4, -0.2) is 22.9 Å². The summed E-state index contributed by atoms with van der Waals surface area (Å²) < 4.78 is 10.4. The zero-order chi connectivity index (χ0) is 17.8. The van der Waals surface area contributed by atoms with Crippen LogP contribution in [0.5, 0.6) is 0 Å². The van der Waals surface area contributed by atoms with Crippen LogP contribution in [0.1, 0.15) is 29.9 Å². The molecule has 7 nitrogen and oxygen atoms in total. The smallest absolute Gasteiger partial charge is 0.320 e. The number of carbonyl (C=O) groups is 1. The Hall–Kier alpha value is -3.09. The van der Waals surface area contributed by atoms with E-state index in [-0.39, 0.29) is 11.9 Å². The highest BCUT2D eigenvalue weighted by Crippen LogP contribution is 2.23. The van der Waals surface area contributed by atoms with Gasteiger partial charge >= 0.3 is 6.03 Å². The van der Waals surface area contributed by atoms with Gasteiger partial charge in [-0.25, -0.2) is 4.79 Å². The van der Waals surface area contributed by atoms with Crippen molar-refractivity contribution in [2.24, 2.45) is 0 Å². The van der Waals surface area contributed by atoms with Crippen molar-refractivity contribution >= 4 is 11.8 Å². The van der Waals surface area contributed by atoms with Crippen molar-refractivity contribution in [2.75, 3.05) is 11.9 Å².